The molecule has 0 saturated heterocycles. The zero-order valence-electron chi connectivity index (χ0n) is 7.16. The molecule has 2 nitrogen and oxygen atoms in total. The topological polar surface area (TPSA) is 29.4 Å². The van der Waals surface area contributed by atoms with Crippen LogP contribution in [0.4, 0.5) is 0 Å². The van der Waals surface area contributed by atoms with Crippen LogP contribution in [-0.4, -0.2) is 11.6 Å². The van der Waals surface area contributed by atoms with Gasteiger partial charge in [0.25, 0.3) is 5.91 Å². The molecule has 0 unspecified atom stereocenters. The molecule has 1 aliphatic rings. The molecule has 13 heavy (non-hydrogen) atoms. The molecule has 0 N–H and O–H groups in total. The average Bonchev–Trinajstić information content (AvgIpc) is 2.46. The van der Waals surface area contributed by atoms with Crippen molar-refractivity contribution in [1.82, 2.24) is 0 Å². The maximum absolute atomic E-state index is 11.3. The second kappa shape index (κ2) is 2.98. The highest BCUT2D eigenvalue weighted by Gasteiger charge is 2.20. The maximum atomic E-state index is 11.3. The number of fused-ring (bicyclic) bond motifs is 1. The van der Waals surface area contributed by atoms with E-state index in [4.69, 9.17) is 0 Å². The van der Waals surface area contributed by atoms with Gasteiger partial charge in [0, 0.05) is 12.0 Å². The van der Waals surface area contributed by atoms with Crippen molar-refractivity contribution in [3.8, 4) is 0 Å². The zero-order valence-corrected chi connectivity index (χ0v) is 7.16. The van der Waals surface area contributed by atoms with Crippen LogP contribution in [0.25, 0.3) is 0 Å². The van der Waals surface area contributed by atoms with E-state index in [1.54, 1.807) is 12.1 Å². The van der Waals surface area contributed by atoms with E-state index >= 15 is 0 Å². The van der Waals surface area contributed by atoms with E-state index in [-0.39, 0.29) is 5.91 Å². The van der Waals surface area contributed by atoms with Crippen LogP contribution in [0, 0.1) is 0 Å². The van der Waals surface area contributed by atoms with Gasteiger partial charge in [0.05, 0.1) is 11.3 Å². The van der Waals surface area contributed by atoms with Crippen molar-refractivity contribution in [2.45, 2.75) is 6.42 Å². The number of allylic oxidation sites excluding steroid dienone is 1. The Balaban J connectivity index is 2.51. The van der Waals surface area contributed by atoms with Crippen LogP contribution in [0.5, 0.6) is 0 Å². The molecule has 0 saturated carbocycles. The summed E-state index contributed by atoms with van der Waals surface area (Å²) >= 11 is 0. The minimum absolute atomic E-state index is 0.132. The molecule has 0 spiro atoms. The first-order chi connectivity index (χ1) is 6.33. The summed E-state index contributed by atoms with van der Waals surface area (Å²) < 4.78 is 0. The van der Waals surface area contributed by atoms with Crippen LogP contribution in [0.3, 0.4) is 0 Å². The van der Waals surface area contributed by atoms with Gasteiger partial charge < -0.3 is 0 Å². The van der Waals surface area contributed by atoms with Gasteiger partial charge in [-0.3, -0.25) is 4.79 Å². The van der Waals surface area contributed by atoms with Gasteiger partial charge in [0.2, 0.25) is 0 Å². The van der Waals surface area contributed by atoms with Gasteiger partial charge in [0.15, 0.2) is 0 Å². The molecule has 0 aliphatic carbocycles. The number of aliphatic imine (C=N–C) groups is 1. The Labute approximate surface area is 76.6 Å². The summed E-state index contributed by atoms with van der Waals surface area (Å²) in [7, 11) is 0. The standard InChI is InChI=1S/C11H9NO/c1-2-5-10-8-6-3-4-7-9(8)11(13)12-10/h2-4,6-7H,1,5H2. The molecule has 2 heteroatoms. The van der Waals surface area contributed by atoms with Crippen molar-refractivity contribution in [3.63, 3.8) is 0 Å². The molecule has 1 aromatic rings. The molecular weight excluding hydrogens is 162 g/mol. The molecule has 64 valence electrons. The molecule has 0 aromatic heterocycles. The van der Waals surface area contributed by atoms with E-state index in [1.165, 1.54) is 0 Å². The number of rotatable bonds is 2. The summed E-state index contributed by atoms with van der Waals surface area (Å²) in [4.78, 5) is 15.3. The summed E-state index contributed by atoms with van der Waals surface area (Å²) in [6.07, 6.45) is 2.41. The van der Waals surface area contributed by atoms with E-state index in [9.17, 15) is 4.79 Å². The SMILES string of the molecule is C=CCC1=NC(=O)c2ccccc21. The molecule has 0 atom stereocenters. The Bertz CT molecular complexity index is 404. The zero-order chi connectivity index (χ0) is 9.26. The van der Waals surface area contributed by atoms with Crippen molar-refractivity contribution in [1.29, 1.82) is 0 Å². The van der Waals surface area contributed by atoms with E-state index < -0.39 is 0 Å². The van der Waals surface area contributed by atoms with Crippen LogP contribution >= 0.6 is 0 Å². The van der Waals surface area contributed by atoms with Crippen molar-refractivity contribution in [2.75, 3.05) is 0 Å². The average molecular weight is 171 g/mol. The third-order valence-corrected chi connectivity index (χ3v) is 2.04. The van der Waals surface area contributed by atoms with Gasteiger partial charge in [-0.2, -0.15) is 0 Å². The quantitative estimate of drug-likeness (QED) is 0.627. The van der Waals surface area contributed by atoms with Gasteiger partial charge in [-0.1, -0.05) is 24.3 Å². The van der Waals surface area contributed by atoms with Crippen LogP contribution in [-0.2, 0) is 0 Å². The molecule has 1 heterocycles. The number of carbonyl (C=O) groups is 1. The second-order valence-corrected chi connectivity index (χ2v) is 2.90. The molecule has 1 aliphatic heterocycles. The third kappa shape index (κ3) is 1.20. The molecule has 0 bridgehead atoms. The first-order valence-electron chi connectivity index (χ1n) is 4.15. The number of carbonyl (C=O) groups excluding carboxylic acids is 1. The lowest BCUT2D eigenvalue weighted by Gasteiger charge is -1.97. The number of benzene rings is 1. The monoisotopic (exact) mass is 171 g/mol. The summed E-state index contributed by atoms with van der Waals surface area (Å²) in [5, 5.41) is 0. The first-order valence-corrected chi connectivity index (χ1v) is 4.15. The van der Waals surface area contributed by atoms with E-state index in [0.29, 0.717) is 12.0 Å². The molecule has 1 aromatic carbocycles. The predicted octanol–water partition coefficient (Wildman–Crippen LogP) is 2.21. The normalized spacial score (nSPS) is 13.8. The van der Waals surface area contributed by atoms with Crippen LogP contribution in [0.1, 0.15) is 22.3 Å². The van der Waals surface area contributed by atoms with Crippen LogP contribution in [0.2, 0.25) is 0 Å². The fraction of sp³-hybridized carbons (Fsp3) is 0.0909. The first kappa shape index (κ1) is 7.92. The van der Waals surface area contributed by atoms with Gasteiger partial charge in [-0.25, -0.2) is 4.99 Å². The number of nitrogens with zero attached hydrogens (tertiary/aromatic N) is 1. The second-order valence-electron chi connectivity index (χ2n) is 2.90. The van der Waals surface area contributed by atoms with Crippen molar-refractivity contribution in [3.05, 3.63) is 48.0 Å². The van der Waals surface area contributed by atoms with Gasteiger partial charge in [0.1, 0.15) is 0 Å². The lowest BCUT2D eigenvalue weighted by Crippen LogP contribution is -1.95. The third-order valence-electron chi connectivity index (χ3n) is 2.04. The Morgan fingerprint density at radius 1 is 1.31 bits per heavy atom. The Kier molecular flexibility index (Phi) is 1.81. The Morgan fingerprint density at radius 2 is 2.00 bits per heavy atom. The summed E-state index contributed by atoms with van der Waals surface area (Å²) in [5.41, 5.74) is 2.49. The van der Waals surface area contributed by atoms with E-state index in [2.05, 4.69) is 11.6 Å². The highest BCUT2D eigenvalue weighted by Crippen LogP contribution is 2.19. The number of hydrogen-bond donors (Lipinski definition) is 0. The molecular formula is C11H9NO. The molecule has 0 radical (unpaired) electrons. The van der Waals surface area contributed by atoms with Gasteiger partial charge in [-0.15, -0.1) is 6.58 Å². The minimum atomic E-state index is -0.132. The molecule has 0 fully saturated rings. The fourth-order valence-corrected chi connectivity index (χ4v) is 1.46. The van der Waals surface area contributed by atoms with E-state index in [0.717, 1.165) is 11.3 Å². The molecule has 1 amide bonds. The van der Waals surface area contributed by atoms with Crippen LogP contribution < -0.4 is 0 Å². The van der Waals surface area contributed by atoms with Crippen molar-refractivity contribution in [2.24, 2.45) is 4.99 Å². The summed E-state index contributed by atoms with van der Waals surface area (Å²) in [6.45, 7) is 3.63. The number of amides is 1. The predicted molar refractivity (Wildman–Crippen MR) is 52.1 cm³/mol. The van der Waals surface area contributed by atoms with Gasteiger partial charge in [-0.05, 0) is 6.07 Å². The highest BCUT2D eigenvalue weighted by atomic mass is 16.1. The Morgan fingerprint density at radius 3 is 2.69 bits per heavy atom. The summed E-state index contributed by atoms with van der Waals surface area (Å²) in [5.74, 6) is -0.132. The van der Waals surface area contributed by atoms with Crippen molar-refractivity contribution >= 4 is 11.6 Å². The Hall–Kier alpha value is -1.70. The fourth-order valence-electron chi connectivity index (χ4n) is 1.46. The van der Waals surface area contributed by atoms with Crippen molar-refractivity contribution < 1.29 is 4.79 Å². The van der Waals surface area contributed by atoms with Gasteiger partial charge >= 0.3 is 0 Å². The summed E-state index contributed by atoms with van der Waals surface area (Å²) in [6, 6.07) is 7.49. The molecule has 2 rings (SSSR count). The smallest absolute Gasteiger partial charge is 0.267 e. The largest absolute Gasteiger partial charge is 0.277 e. The highest BCUT2D eigenvalue weighted by molar-refractivity contribution is 6.21. The van der Waals surface area contributed by atoms with E-state index in [1.807, 2.05) is 18.2 Å². The minimum Gasteiger partial charge on any atom is -0.267 e. The lowest BCUT2D eigenvalue weighted by molar-refractivity contribution is 0.101. The lowest BCUT2D eigenvalue weighted by atomic mass is 10.0. The maximum Gasteiger partial charge on any atom is 0.277 e. The number of hydrogen-bond acceptors (Lipinski definition) is 1. The van der Waals surface area contributed by atoms with Crippen LogP contribution in [0.15, 0.2) is 41.9 Å².